The third-order valence-electron chi connectivity index (χ3n) is 3.76. The van der Waals surface area contributed by atoms with Crippen molar-refractivity contribution in [1.82, 2.24) is 29.1 Å². The Hall–Kier alpha value is -3.36. The monoisotopic (exact) mass is 380 g/mol. The van der Waals surface area contributed by atoms with Crippen LogP contribution in [-0.4, -0.2) is 53.5 Å². The molecule has 0 unspecified atom stereocenters. The molecule has 0 saturated heterocycles. The van der Waals surface area contributed by atoms with E-state index in [-0.39, 0.29) is 0 Å². The summed E-state index contributed by atoms with van der Waals surface area (Å²) >= 11 is 0. The van der Waals surface area contributed by atoms with Gasteiger partial charge in [-0.15, -0.1) is 0 Å². The van der Waals surface area contributed by atoms with Gasteiger partial charge in [0.15, 0.2) is 0 Å². The van der Waals surface area contributed by atoms with Gasteiger partial charge in [0.1, 0.15) is 0 Å². The van der Waals surface area contributed by atoms with E-state index in [1.165, 1.54) is 0 Å². The topological polar surface area (TPSA) is 102 Å². The Balaban J connectivity index is 0.000000660. The second-order valence-corrected chi connectivity index (χ2v) is 5.57. The van der Waals surface area contributed by atoms with E-state index in [9.17, 15) is 0 Å². The Bertz CT molecular complexity index is 811. The molecule has 0 amide bonds. The van der Waals surface area contributed by atoms with Crippen molar-refractivity contribution in [2.45, 2.75) is 13.1 Å². The Morgan fingerprint density at radius 2 is 1.11 bits per heavy atom. The molecule has 0 bridgehead atoms. The third-order valence-corrected chi connectivity index (χ3v) is 3.76. The number of aliphatic hydroxyl groups excluding tert-OH is 2. The summed E-state index contributed by atoms with van der Waals surface area (Å²) < 4.78 is 4.03. The van der Waals surface area contributed by atoms with Crippen LogP contribution in [-0.2, 0) is 13.1 Å². The van der Waals surface area contributed by atoms with Crippen LogP contribution in [0.4, 0.5) is 0 Å². The average Bonchev–Trinajstić information content (AvgIpc) is 3.47. The zero-order valence-corrected chi connectivity index (χ0v) is 15.9. The molecule has 0 aliphatic carbocycles. The molecule has 0 spiro atoms. The largest absolute Gasteiger partial charge is 0.400 e. The van der Waals surface area contributed by atoms with Crippen molar-refractivity contribution in [1.29, 1.82) is 0 Å². The number of hydrogen-bond donors (Lipinski definition) is 2. The van der Waals surface area contributed by atoms with Gasteiger partial charge in [-0.3, -0.25) is 9.97 Å². The summed E-state index contributed by atoms with van der Waals surface area (Å²) in [5.41, 5.74) is 4.01. The number of imidazole rings is 2. The fourth-order valence-electron chi connectivity index (χ4n) is 2.52. The molecule has 28 heavy (non-hydrogen) atoms. The first-order chi connectivity index (χ1) is 13.9. The highest BCUT2D eigenvalue weighted by molar-refractivity contribution is 5.54. The molecular weight excluding hydrogens is 356 g/mol. The maximum Gasteiger partial charge on any atom is 0.0949 e. The minimum atomic E-state index is 0.768. The molecular formula is C20H24N6O2. The van der Waals surface area contributed by atoms with Crippen molar-refractivity contribution in [3.05, 3.63) is 85.2 Å². The lowest BCUT2D eigenvalue weighted by molar-refractivity contribution is 0.399. The predicted molar refractivity (Wildman–Crippen MR) is 106 cm³/mol. The fraction of sp³-hybridized carbons (Fsp3) is 0.200. The van der Waals surface area contributed by atoms with Gasteiger partial charge in [0.25, 0.3) is 0 Å². The number of aliphatic hydroxyl groups is 2. The molecule has 4 heterocycles. The van der Waals surface area contributed by atoms with E-state index in [0.29, 0.717) is 0 Å². The van der Waals surface area contributed by atoms with Gasteiger partial charge in [-0.2, -0.15) is 0 Å². The van der Waals surface area contributed by atoms with E-state index in [1.807, 2.05) is 46.1 Å². The molecule has 0 fully saturated rings. The number of hydrogen-bond acceptors (Lipinski definition) is 6. The molecule has 4 rings (SSSR count). The average molecular weight is 380 g/mol. The number of aromatic nitrogens is 6. The van der Waals surface area contributed by atoms with Crippen LogP contribution < -0.4 is 0 Å². The van der Waals surface area contributed by atoms with Gasteiger partial charge in [0.2, 0.25) is 0 Å². The summed E-state index contributed by atoms with van der Waals surface area (Å²) in [6.07, 6.45) is 14.8. The lowest BCUT2D eigenvalue weighted by Crippen LogP contribution is -1.99. The van der Waals surface area contributed by atoms with E-state index < -0.39 is 0 Å². The number of nitrogens with zero attached hydrogens (tertiary/aromatic N) is 6. The third kappa shape index (κ3) is 5.83. The molecule has 0 saturated carbocycles. The molecule has 146 valence electrons. The van der Waals surface area contributed by atoms with Gasteiger partial charge in [0, 0.05) is 64.5 Å². The van der Waals surface area contributed by atoms with Gasteiger partial charge >= 0.3 is 0 Å². The van der Waals surface area contributed by atoms with Gasteiger partial charge in [-0.1, -0.05) is 12.1 Å². The summed E-state index contributed by atoms with van der Waals surface area (Å²) in [6, 6.07) is 8.15. The molecule has 0 aliphatic rings. The van der Waals surface area contributed by atoms with E-state index >= 15 is 0 Å². The molecule has 0 radical (unpaired) electrons. The zero-order chi connectivity index (χ0) is 20.2. The second kappa shape index (κ2) is 11.4. The summed E-state index contributed by atoms with van der Waals surface area (Å²) in [5.74, 6) is 0. The van der Waals surface area contributed by atoms with Crippen molar-refractivity contribution in [2.24, 2.45) is 0 Å². The summed E-state index contributed by atoms with van der Waals surface area (Å²) in [7, 11) is 2.00. The van der Waals surface area contributed by atoms with Crippen molar-refractivity contribution >= 4 is 0 Å². The lowest BCUT2D eigenvalue weighted by atomic mass is 10.2. The Morgan fingerprint density at radius 1 is 0.679 bits per heavy atom. The van der Waals surface area contributed by atoms with Crippen LogP contribution >= 0.6 is 0 Å². The maximum absolute atomic E-state index is 7.00. The molecule has 8 heteroatoms. The molecule has 0 atom stereocenters. The molecule has 0 aromatic carbocycles. The maximum atomic E-state index is 7.00. The van der Waals surface area contributed by atoms with Crippen LogP contribution in [0, 0.1) is 0 Å². The lowest BCUT2D eigenvalue weighted by Gasteiger charge is -2.06. The van der Waals surface area contributed by atoms with E-state index in [0.717, 1.165) is 49.8 Å². The normalized spacial score (nSPS) is 9.71. The molecule has 4 aromatic heterocycles. The van der Waals surface area contributed by atoms with Crippen LogP contribution in [0.3, 0.4) is 0 Å². The minimum absolute atomic E-state index is 0.768. The van der Waals surface area contributed by atoms with Crippen molar-refractivity contribution in [2.75, 3.05) is 14.2 Å². The van der Waals surface area contributed by atoms with Crippen molar-refractivity contribution < 1.29 is 10.2 Å². The van der Waals surface area contributed by atoms with Gasteiger partial charge < -0.3 is 19.3 Å². The van der Waals surface area contributed by atoms with Crippen LogP contribution in [0.1, 0.15) is 11.1 Å². The van der Waals surface area contributed by atoms with Gasteiger partial charge in [0.05, 0.1) is 24.0 Å². The van der Waals surface area contributed by atoms with Gasteiger partial charge in [-0.05, 0) is 23.3 Å². The Morgan fingerprint density at radius 3 is 1.39 bits per heavy atom. The second-order valence-electron chi connectivity index (χ2n) is 5.57. The first kappa shape index (κ1) is 20.9. The molecule has 2 N–H and O–H groups in total. The smallest absolute Gasteiger partial charge is 0.0949 e. The Labute approximate surface area is 163 Å². The first-order valence-corrected chi connectivity index (χ1v) is 8.58. The van der Waals surface area contributed by atoms with E-state index in [4.69, 9.17) is 10.2 Å². The van der Waals surface area contributed by atoms with Gasteiger partial charge in [-0.25, -0.2) is 9.97 Å². The molecule has 4 aromatic rings. The first-order valence-electron chi connectivity index (χ1n) is 8.58. The van der Waals surface area contributed by atoms with Crippen LogP contribution in [0.25, 0.3) is 11.4 Å². The standard InChI is InChI=1S/C18H16N6.2CH4O/c1-3-17(21-9-15(1)11-23-7-5-19-13-23)18-4-2-16(10-22-18)12-24-8-6-20-14-24;2*1-2/h1-10,13-14H,11-12H2;2*2H,1H3. The SMILES string of the molecule is CO.CO.c1cn(Cc2ccc(-c3ccc(Cn4ccnc4)cn3)nc2)cn1. The fourth-order valence-corrected chi connectivity index (χ4v) is 2.52. The number of pyridine rings is 2. The highest BCUT2D eigenvalue weighted by atomic mass is 16.2. The Kier molecular flexibility index (Phi) is 8.51. The highest BCUT2D eigenvalue weighted by Crippen LogP contribution is 2.15. The predicted octanol–water partition coefficient (Wildman–Crippen LogP) is 1.85. The number of rotatable bonds is 5. The zero-order valence-electron chi connectivity index (χ0n) is 15.9. The quantitative estimate of drug-likeness (QED) is 0.548. The summed E-state index contributed by atoms with van der Waals surface area (Å²) in [6.45, 7) is 1.54. The van der Waals surface area contributed by atoms with Crippen molar-refractivity contribution in [3.8, 4) is 11.4 Å². The van der Waals surface area contributed by atoms with Crippen molar-refractivity contribution in [3.63, 3.8) is 0 Å². The van der Waals surface area contributed by atoms with E-state index in [1.54, 1.807) is 25.0 Å². The highest BCUT2D eigenvalue weighted by Gasteiger charge is 2.03. The minimum Gasteiger partial charge on any atom is -0.400 e. The van der Waals surface area contributed by atoms with E-state index in [2.05, 4.69) is 32.1 Å². The summed E-state index contributed by atoms with van der Waals surface area (Å²) in [4.78, 5) is 17.1. The van der Waals surface area contributed by atoms with Crippen LogP contribution in [0.15, 0.2) is 74.1 Å². The molecule has 0 aliphatic heterocycles. The summed E-state index contributed by atoms with van der Waals surface area (Å²) in [5, 5.41) is 14.0. The van der Waals surface area contributed by atoms with Crippen LogP contribution in [0.2, 0.25) is 0 Å². The molecule has 8 nitrogen and oxygen atoms in total. The van der Waals surface area contributed by atoms with Crippen LogP contribution in [0.5, 0.6) is 0 Å².